The van der Waals surface area contributed by atoms with E-state index in [-0.39, 0.29) is 0 Å². The summed E-state index contributed by atoms with van der Waals surface area (Å²) < 4.78 is 5.69. The highest BCUT2D eigenvalue weighted by atomic mass is 16.5. The van der Waals surface area contributed by atoms with E-state index in [1.165, 1.54) is 32.2 Å². The number of rotatable bonds is 4. The molecule has 2 N–H and O–H groups in total. The molecule has 2 fully saturated rings. The molecule has 3 unspecified atom stereocenters. The van der Waals surface area contributed by atoms with E-state index in [0.29, 0.717) is 12.1 Å². The van der Waals surface area contributed by atoms with Gasteiger partial charge in [0.2, 0.25) is 0 Å². The fourth-order valence-corrected chi connectivity index (χ4v) is 2.59. The van der Waals surface area contributed by atoms with Crippen molar-refractivity contribution in [1.29, 1.82) is 0 Å². The van der Waals surface area contributed by atoms with E-state index in [1.807, 2.05) is 0 Å². The third-order valence-corrected chi connectivity index (χ3v) is 3.74. The Morgan fingerprint density at radius 2 is 2.20 bits per heavy atom. The average Bonchev–Trinajstić information content (AvgIpc) is 2.66. The lowest BCUT2D eigenvalue weighted by molar-refractivity contribution is 0.0165. The SMILES string of the molecule is CC1NCCC1CNCC1CCCCO1. The van der Waals surface area contributed by atoms with Crippen LogP contribution in [-0.4, -0.2) is 38.4 Å². The van der Waals surface area contributed by atoms with E-state index in [2.05, 4.69) is 17.6 Å². The summed E-state index contributed by atoms with van der Waals surface area (Å²) in [6.45, 7) is 6.63. The number of ether oxygens (including phenoxy) is 1. The van der Waals surface area contributed by atoms with Crippen LogP contribution in [0.3, 0.4) is 0 Å². The van der Waals surface area contributed by atoms with Gasteiger partial charge in [0.05, 0.1) is 6.10 Å². The molecule has 88 valence electrons. The first-order chi connectivity index (χ1) is 7.36. The molecule has 0 amide bonds. The minimum atomic E-state index is 0.475. The van der Waals surface area contributed by atoms with Gasteiger partial charge in [-0.2, -0.15) is 0 Å². The van der Waals surface area contributed by atoms with E-state index in [4.69, 9.17) is 4.74 Å². The lowest BCUT2D eigenvalue weighted by Gasteiger charge is -2.24. The average molecular weight is 212 g/mol. The molecule has 15 heavy (non-hydrogen) atoms. The number of hydrogen-bond acceptors (Lipinski definition) is 3. The summed E-state index contributed by atoms with van der Waals surface area (Å²) in [5.41, 5.74) is 0. The van der Waals surface area contributed by atoms with Crippen molar-refractivity contribution in [2.24, 2.45) is 5.92 Å². The van der Waals surface area contributed by atoms with Gasteiger partial charge in [-0.1, -0.05) is 0 Å². The van der Waals surface area contributed by atoms with Crippen molar-refractivity contribution in [2.75, 3.05) is 26.2 Å². The minimum Gasteiger partial charge on any atom is -0.377 e. The van der Waals surface area contributed by atoms with Gasteiger partial charge in [-0.25, -0.2) is 0 Å². The van der Waals surface area contributed by atoms with Gasteiger partial charge in [0.25, 0.3) is 0 Å². The maximum absolute atomic E-state index is 5.69. The highest BCUT2D eigenvalue weighted by Gasteiger charge is 2.22. The van der Waals surface area contributed by atoms with Crippen LogP contribution in [-0.2, 0) is 4.74 Å². The van der Waals surface area contributed by atoms with Gasteiger partial charge in [0.15, 0.2) is 0 Å². The first-order valence-electron chi connectivity index (χ1n) is 6.42. The monoisotopic (exact) mass is 212 g/mol. The highest BCUT2D eigenvalue weighted by Crippen LogP contribution is 2.15. The molecule has 0 spiro atoms. The Labute approximate surface area is 93.0 Å². The molecule has 3 atom stereocenters. The van der Waals surface area contributed by atoms with E-state index < -0.39 is 0 Å². The molecule has 2 aliphatic heterocycles. The fraction of sp³-hybridized carbons (Fsp3) is 1.00. The summed E-state index contributed by atoms with van der Waals surface area (Å²) in [6, 6.07) is 0.685. The van der Waals surface area contributed by atoms with Gasteiger partial charge in [0.1, 0.15) is 0 Å². The van der Waals surface area contributed by atoms with Crippen LogP contribution < -0.4 is 10.6 Å². The molecule has 0 aromatic carbocycles. The summed E-state index contributed by atoms with van der Waals surface area (Å²) >= 11 is 0. The topological polar surface area (TPSA) is 33.3 Å². The van der Waals surface area contributed by atoms with Crippen LogP contribution in [0, 0.1) is 5.92 Å². The van der Waals surface area contributed by atoms with Gasteiger partial charge in [-0.3, -0.25) is 0 Å². The molecular formula is C12H24N2O. The Morgan fingerprint density at radius 1 is 1.27 bits per heavy atom. The smallest absolute Gasteiger partial charge is 0.0699 e. The summed E-state index contributed by atoms with van der Waals surface area (Å²) in [5.74, 6) is 0.814. The molecule has 0 aromatic rings. The normalized spacial score (nSPS) is 37.0. The number of nitrogens with one attached hydrogen (secondary N) is 2. The van der Waals surface area contributed by atoms with E-state index in [0.717, 1.165) is 25.6 Å². The van der Waals surface area contributed by atoms with Crippen molar-refractivity contribution in [3.8, 4) is 0 Å². The van der Waals surface area contributed by atoms with Crippen LogP contribution in [0.25, 0.3) is 0 Å². The summed E-state index contributed by atoms with van der Waals surface area (Å²) in [7, 11) is 0. The zero-order chi connectivity index (χ0) is 10.5. The molecule has 3 heteroatoms. The Morgan fingerprint density at radius 3 is 2.87 bits per heavy atom. The van der Waals surface area contributed by atoms with Gasteiger partial charge in [0, 0.05) is 19.2 Å². The molecule has 2 heterocycles. The van der Waals surface area contributed by atoms with E-state index >= 15 is 0 Å². The van der Waals surface area contributed by atoms with Crippen molar-refractivity contribution < 1.29 is 4.74 Å². The third kappa shape index (κ3) is 3.44. The highest BCUT2D eigenvalue weighted by molar-refractivity contribution is 4.82. The van der Waals surface area contributed by atoms with E-state index in [1.54, 1.807) is 0 Å². The first-order valence-corrected chi connectivity index (χ1v) is 6.42. The van der Waals surface area contributed by atoms with Crippen LogP contribution in [0.15, 0.2) is 0 Å². The van der Waals surface area contributed by atoms with Crippen LogP contribution >= 0.6 is 0 Å². The Hall–Kier alpha value is -0.120. The maximum atomic E-state index is 5.69. The molecule has 2 saturated heterocycles. The summed E-state index contributed by atoms with van der Waals surface area (Å²) in [6.07, 6.45) is 5.63. The van der Waals surface area contributed by atoms with Crippen LogP contribution in [0.5, 0.6) is 0 Å². The van der Waals surface area contributed by atoms with E-state index in [9.17, 15) is 0 Å². The molecule has 3 nitrogen and oxygen atoms in total. The van der Waals surface area contributed by atoms with Crippen molar-refractivity contribution in [2.45, 2.75) is 44.8 Å². The summed E-state index contributed by atoms with van der Waals surface area (Å²) in [4.78, 5) is 0. The molecular weight excluding hydrogens is 188 g/mol. The Balaban J connectivity index is 1.57. The third-order valence-electron chi connectivity index (χ3n) is 3.74. The van der Waals surface area contributed by atoms with Crippen LogP contribution in [0.4, 0.5) is 0 Å². The predicted molar refractivity (Wildman–Crippen MR) is 62.0 cm³/mol. The maximum Gasteiger partial charge on any atom is 0.0699 e. The zero-order valence-corrected chi connectivity index (χ0v) is 9.80. The van der Waals surface area contributed by atoms with Crippen molar-refractivity contribution >= 4 is 0 Å². The molecule has 2 aliphatic rings. The van der Waals surface area contributed by atoms with Crippen LogP contribution in [0.2, 0.25) is 0 Å². The minimum absolute atomic E-state index is 0.475. The van der Waals surface area contributed by atoms with Crippen LogP contribution in [0.1, 0.15) is 32.6 Å². The molecule has 0 aromatic heterocycles. The molecule has 2 rings (SSSR count). The zero-order valence-electron chi connectivity index (χ0n) is 9.80. The fourth-order valence-electron chi connectivity index (χ4n) is 2.59. The lowest BCUT2D eigenvalue weighted by Crippen LogP contribution is -2.37. The Kier molecular flexibility index (Phi) is 4.42. The van der Waals surface area contributed by atoms with Gasteiger partial charge in [-0.15, -0.1) is 0 Å². The van der Waals surface area contributed by atoms with Gasteiger partial charge >= 0.3 is 0 Å². The second kappa shape index (κ2) is 5.83. The largest absolute Gasteiger partial charge is 0.377 e. The molecule has 0 radical (unpaired) electrons. The second-order valence-corrected chi connectivity index (χ2v) is 4.94. The number of hydrogen-bond donors (Lipinski definition) is 2. The van der Waals surface area contributed by atoms with Crippen molar-refractivity contribution in [1.82, 2.24) is 10.6 Å². The molecule has 0 saturated carbocycles. The molecule has 0 aliphatic carbocycles. The van der Waals surface area contributed by atoms with Gasteiger partial charge in [-0.05, 0) is 51.6 Å². The predicted octanol–water partition coefficient (Wildman–Crippen LogP) is 1.14. The lowest BCUT2D eigenvalue weighted by atomic mass is 10.0. The first kappa shape index (κ1) is 11.4. The summed E-state index contributed by atoms with van der Waals surface area (Å²) in [5, 5.41) is 7.05. The van der Waals surface area contributed by atoms with Gasteiger partial charge < -0.3 is 15.4 Å². The Bertz CT molecular complexity index is 180. The quantitative estimate of drug-likeness (QED) is 0.733. The van der Waals surface area contributed by atoms with Crippen molar-refractivity contribution in [3.63, 3.8) is 0 Å². The van der Waals surface area contributed by atoms with Crippen molar-refractivity contribution in [3.05, 3.63) is 0 Å². The molecule has 0 bridgehead atoms. The standard InChI is InChI=1S/C12H24N2O/c1-10-11(5-6-14-10)8-13-9-12-4-2-3-7-15-12/h10-14H,2-9H2,1H3. The second-order valence-electron chi connectivity index (χ2n) is 4.94.